The Morgan fingerprint density at radius 1 is 1.47 bits per heavy atom. The van der Waals surface area contributed by atoms with Crippen molar-refractivity contribution in [2.24, 2.45) is 0 Å². The predicted molar refractivity (Wildman–Crippen MR) is 56.0 cm³/mol. The van der Waals surface area contributed by atoms with Gasteiger partial charge in [0.25, 0.3) is 0 Å². The van der Waals surface area contributed by atoms with E-state index in [1.165, 1.54) is 13.0 Å². The number of Topliss-reactive ketones (excluding diaryl/α,β-unsaturated/α-hetero) is 1. The number of aromatic hydroxyl groups is 2. The quantitative estimate of drug-likeness (QED) is 0.653. The van der Waals surface area contributed by atoms with E-state index in [0.717, 1.165) is 0 Å². The third-order valence-electron chi connectivity index (χ3n) is 2.32. The van der Waals surface area contributed by atoms with E-state index in [1.54, 1.807) is 12.3 Å². The molecule has 15 heavy (non-hydrogen) atoms. The van der Waals surface area contributed by atoms with Gasteiger partial charge < -0.3 is 15.2 Å². The SMILES string of the molecule is CC(=O)Cc1cc(O)c(O)c2cc[nH]c12. The van der Waals surface area contributed by atoms with Crippen molar-refractivity contribution in [1.82, 2.24) is 4.98 Å². The van der Waals surface area contributed by atoms with E-state index in [2.05, 4.69) is 4.98 Å². The largest absolute Gasteiger partial charge is 0.504 e. The number of nitrogens with one attached hydrogen (secondary N) is 1. The van der Waals surface area contributed by atoms with Crippen molar-refractivity contribution < 1.29 is 15.0 Å². The first-order valence-corrected chi connectivity index (χ1v) is 4.60. The standard InChI is InChI=1S/C11H11NO3/c1-6(13)4-7-5-9(14)11(15)8-2-3-12-10(7)8/h2-3,5,12,14-15H,4H2,1H3. The molecule has 0 bridgehead atoms. The monoisotopic (exact) mass is 205 g/mol. The van der Waals surface area contributed by atoms with Crippen LogP contribution in [0.2, 0.25) is 0 Å². The molecule has 0 aliphatic carbocycles. The van der Waals surface area contributed by atoms with Crippen LogP contribution in [0.15, 0.2) is 18.3 Å². The number of hydrogen-bond donors (Lipinski definition) is 3. The number of H-pyrrole nitrogens is 1. The molecule has 0 aliphatic rings. The van der Waals surface area contributed by atoms with E-state index in [9.17, 15) is 15.0 Å². The molecule has 78 valence electrons. The van der Waals surface area contributed by atoms with Gasteiger partial charge in [-0.2, -0.15) is 0 Å². The molecule has 1 aromatic carbocycles. The molecule has 2 aromatic rings. The molecule has 3 N–H and O–H groups in total. The molecular weight excluding hydrogens is 194 g/mol. The lowest BCUT2D eigenvalue weighted by atomic mass is 10.1. The predicted octanol–water partition coefficient (Wildman–Crippen LogP) is 1.71. The van der Waals surface area contributed by atoms with E-state index in [1.807, 2.05) is 0 Å². The van der Waals surface area contributed by atoms with Gasteiger partial charge in [-0.15, -0.1) is 0 Å². The van der Waals surface area contributed by atoms with E-state index >= 15 is 0 Å². The molecule has 4 nitrogen and oxygen atoms in total. The van der Waals surface area contributed by atoms with Gasteiger partial charge in [0.05, 0.1) is 5.52 Å². The number of ketones is 1. The van der Waals surface area contributed by atoms with Gasteiger partial charge in [0.1, 0.15) is 5.78 Å². The van der Waals surface area contributed by atoms with Gasteiger partial charge in [-0.05, 0) is 24.6 Å². The average Bonchev–Trinajstić information content (AvgIpc) is 2.61. The summed E-state index contributed by atoms with van der Waals surface area (Å²) < 4.78 is 0. The van der Waals surface area contributed by atoms with Crippen molar-refractivity contribution in [3.05, 3.63) is 23.9 Å². The van der Waals surface area contributed by atoms with Crippen molar-refractivity contribution in [3.63, 3.8) is 0 Å². The molecule has 0 unspecified atom stereocenters. The zero-order valence-electron chi connectivity index (χ0n) is 8.24. The van der Waals surface area contributed by atoms with E-state index in [4.69, 9.17) is 0 Å². The van der Waals surface area contributed by atoms with Crippen LogP contribution in [-0.4, -0.2) is 21.0 Å². The molecule has 0 atom stereocenters. The van der Waals surface area contributed by atoms with Gasteiger partial charge >= 0.3 is 0 Å². The first-order valence-electron chi connectivity index (χ1n) is 4.60. The topological polar surface area (TPSA) is 73.3 Å². The second-order valence-electron chi connectivity index (χ2n) is 3.55. The number of aromatic nitrogens is 1. The van der Waals surface area contributed by atoms with Crippen LogP contribution in [0.1, 0.15) is 12.5 Å². The third kappa shape index (κ3) is 1.54. The van der Waals surface area contributed by atoms with E-state index in [-0.39, 0.29) is 23.7 Å². The summed E-state index contributed by atoms with van der Waals surface area (Å²) in [6, 6.07) is 3.07. The number of hydrogen-bond acceptors (Lipinski definition) is 3. The Kier molecular flexibility index (Phi) is 2.11. The van der Waals surface area contributed by atoms with E-state index in [0.29, 0.717) is 16.5 Å². The summed E-state index contributed by atoms with van der Waals surface area (Å²) in [5.41, 5.74) is 1.39. The summed E-state index contributed by atoms with van der Waals surface area (Å²) in [7, 11) is 0. The zero-order valence-corrected chi connectivity index (χ0v) is 8.24. The molecular formula is C11H11NO3. The smallest absolute Gasteiger partial charge is 0.167 e. The maximum absolute atomic E-state index is 11.0. The number of aromatic amines is 1. The van der Waals surface area contributed by atoms with Crippen molar-refractivity contribution in [2.45, 2.75) is 13.3 Å². The number of rotatable bonds is 2. The fourth-order valence-corrected chi connectivity index (χ4v) is 1.68. The molecule has 4 heteroatoms. The Balaban J connectivity index is 2.68. The minimum atomic E-state index is -0.196. The lowest BCUT2D eigenvalue weighted by molar-refractivity contribution is -0.116. The number of phenols is 2. The Bertz CT molecular complexity index is 528. The summed E-state index contributed by atoms with van der Waals surface area (Å²) in [6.07, 6.45) is 1.90. The van der Waals surface area contributed by atoms with Crippen LogP contribution in [0, 0.1) is 0 Å². The van der Waals surface area contributed by atoms with E-state index < -0.39 is 0 Å². The summed E-state index contributed by atoms with van der Waals surface area (Å²) in [4.78, 5) is 14.0. The van der Waals surface area contributed by atoms with Crippen molar-refractivity contribution in [3.8, 4) is 11.5 Å². The highest BCUT2D eigenvalue weighted by Crippen LogP contribution is 2.35. The number of phenolic OH excluding ortho intramolecular Hbond substituents is 2. The van der Waals surface area contributed by atoms with Crippen LogP contribution >= 0.6 is 0 Å². The minimum Gasteiger partial charge on any atom is -0.504 e. The second-order valence-corrected chi connectivity index (χ2v) is 3.55. The van der Waals surface area contributed by atoms with Gasteiger partial charge in [-0.25, -0.2) is 0 Å². The first-order chi connectivity index (χ1) is 7.09. The number of carbonyl (C=O) groups is 1. The Hall–Kier alpha value is -1.97. The molecule has 1 aromatic heterocycles. The van der Waals surface area contributed by atoms with Crippen LogP contribution in [0.3, 0.4) is 0 Å². The van der Waals surface area contributed by atoms with Crippen LogP contribution in [0.25, 0.3) is 10.9 Å². The minimum absolute atomic E-state index is 0.0102. The van der Waals surface area contributed by atoms with Crippen molar-refractivity contribution in [2.75, 3.05) is 0 Å². The Morgan fingerprint density at radius 2 is 2.20 bits per heavy atom. The highest BCUT2D eigenvalue weighted by atomic mass is 16.3. The molecule has 0 spiro atoms. The van der Waals surface area contributed by atoms with Crippen LogP contribution in [0.5, 0.6) is 11.5 Å². The van der Waals surface area contributed by atoms with Gasteiger partial charge in [0, 0.05) is 18.0 Å². The van der Waals surface area contributed by atoms with Gasteiger partial charge in [0.15, 0.2) is 11.5 Å². The summed E-state index contributed by atoms with van der Waals surface area (Å²) in [5, 5.41) is 19.5. The Morgan fingerprint density at radius 3 is 2.87 bits per heavy atom. The van der Waals surface area contributed by atoms with Gasteiger partial charge in [-0.3, -0.25) is 4.79 Å². The molecule has 2 rings (SSSR count). The first kappa shape index (κ1) is 9.58. The average molecular weight is 205 g/mol. The maximum atomic E-state index is 11.0. The molecule has 0 amide bonds. The maximum Gasteiger partial charge on any atom is 0.167 e. The van der Waals surface area contributed by atoms with Crippen LogP contribution in [0.4, 0.5) is 0 Å². The van der Waals surface area contributed by atoms with Crippen LogP contribution in [-0.2, 0) is 11.2 Å². The summed E-state index contributed by atoms with van der Waals surface area (Å²) in [6.45, 7) is 1.48. The molecule has 0 fully saturated rings. The normalized spacial score (nSPS) is 10.7. The van der Waals surface area contributed by atoms with Gasteiger partial charge in [0.2, 0.25) is 0 Å². The highest BCUT2D eigenvalue weighted by molar-refractivity contribution is 5.93. The second kappa shape index (κ2) is 3.31. The fourth-order valence-electron chi connectivity index (χ4n) is 1.68. The van der Waals surface area contributed by atoms with Gasteiger partial charge in [-0.1, -0.05) is 0 Å². The Labute approximate surface area is 86.2 Å². The lowest BCUT2D eigenvalue weighted by Crippen LogP contribution is -1.97. The molecule has 0 saturated carbocycles. The molecule has 0 aliphatic heterocycles. The lowest BCUT2D eigenvalue weighted by Gasteiger charge is -2.05. The molecule has 0 radical (unpaired) electrons. The summed E-state index contributed by atoms with van der Waals surface area (Å²) in [5.74, 6) is -0.340. The number of benzene rings is 1. The zero-order chi connectivity index (χ0) is 11.0. The molecule has 1 heterocycles. The number of fused-ring (bicyclic) bond motifs is 1. The molecule has 0 saturated heterocycles. The third-order valence-corrected chi connectivity index (χ3v) is 2.32. The highest BCUT2D eigenvalue weighted by Gasteiger charge is 2.12. The fraction of sp³-hybridized carbons (Fsp3) is 0.182. The van der Waals surface area contributed by atoms with Crippen molar-refractivity contribution in [1.29, 1.82) is 0 Å². The number of carbonyl (C=O) groups excluding carboxylic acids is 1. The summed E-state index contributed by atoms with van der Waals surface area (Å²) >= 11 is 0. The van der Waals surface area contributed by atoms with Crippen molar-refractivity contribution >= 4 is 16.7 Å². The van der Waals surface area contributed by atoms with Crippen LogP contribution < -0.4 is 0 Å².